The van der Waals surface area contributed by atoms with E-state index in [0.29, 0.717) is 0 Å². The molecule has 2 aliphatic rings. The van der Waals surface area contributed by atoms with Crippen LogP contribution in [0, 0.1) is 17.8 Å². The molecule has 2 aliphatic carbocycles. The van der Waals surface area contributed by atoms with E-state index in [4.69, 9.17) is 0 Å². The van der Waals surface area contributed by atoms with Crippen molar-refractivity contribution in [3.8, 4) is 0 Å². The lowest BCUT2D eigenvalue weighted by molar-refractivity contribution is 0.146. The minimum atomic E-state index is -0.644. The molecule has 142 valence electrons. The van der Waals surface area contributed by atoms with Crippen LogP contribution >= 0.6 is 0 Å². The topological polar surface area (TPSA) is 23.1 Å². The number of hydrogen-bond acceptors (Lipinski definition) is 1. The second kappa shape index (κ2) is 10.5. The molecule has 0 N–H and O–H groups in total. The van der Waals surface area contributed by atoms with E-state index in [1.165, 1.54) is 96.3 Å². The lowest BCUT2D eigenvalue weighted by Crippen LogP contribution is -2.43. The highest BCUT2D eigenvalue weighted by atomic mass is 32.2. The molecule has 1 unspecified atom stereocenters. The third-order valence-electron chi connectivity index (χ3n) is 7.29. The van der Waals surface area contributed by atoms with E-state index in [1.807, 2.05) is 6.26 Å². The Bertz CT molecular complexity index is 325. The first-order valence-electron chi connectivity index (χ1n) is 10.9. The fraction of sp³-hybridized carbons (Fsp3) is 1.00. The van der Waals surface area contributed by atoms with Gasteiger partial charge in [-0.2, -0.15) is 0 Å². The second-order valence-corrected chi connectivity index (χ2v) is 10.6. The molecular weight excluding hydrogens is 312 g/mol. The summed E-state index contributed by atoms with van der Waals surface area (Å²) in [5, 5.41) is 0. The molecule has 2 heteroatoms. The number of rotatable bonds is 9. The molecule has 24 heavy (non-hydrogen) atoms. The smallest absolute Gasteiger partial charge is 0.125 e. The summed E-state index contributed by atoms with van der Waals surface area (Å²) in [7, 11) is 0. The van der Waals surface area contributed by atoms with E-state index < -0.39 is 11.2 Å². The molecule has 0 aromatic heterocycles. The molecule has 1 atom stereocenters. The van der Waals surface area contributed by atoms with Crippen molar-refractivity contribution in [3.05, 3.63) is 0 Å². The van der Waals surface area contributed by atoms with Gasteiger partial charge in [-0.25, -0.2) is 0 Å². The fourth-order valence-corrected chi connectivity index (χ4v) is 6.79. The molecule has 2 saturated carbocycles. The molecular formula is C22H42OS. The lowest BCUT2D eigenvalue weighted by atomic mass is 9.68. The highest BCUT2D eigenvalue weighted by molar-refractivity contribution is 7.92. The van der Waals surface area contributed by atoms with Crippen molar-refractivity contribution in [1.82, 2.24) is 0 Å². The summed E-state index contributed by atoms with van der Waals surface area (Å²) in [6, 6.07) is 0. The standard InChI is InChI=1S/C22H42OS/c1-4-6-7-8-16-22(24(3)23)17-14-21(15-18-22)20-12-10-19(9-5-2)11-13-20/h19-21H,4-18H2,1-3H3. The van der Waals surface area contributed by atoms with Gasteiger partial charge in [-0.3, -0.25) is 0 Å². The van der Waals surface area contributed by atoms with Gasteiger partial charge in [-0.15, -0.1) is 0 Å². The summed E-state index contributed by atoms with van der Waals surface area (Å²) in [6.45, 7) is 4.60. The molecule has 0 bridgehead atoms. The van der Waals surface area contributed by atoms with Crippen LogP contribution in [0.3, 0.4) is 0 Å². The number of unbranched alkanes of at least 4 members (excludes halogenated alkanes) is 3. The summed E-state index contributed by atoms with van der Waals surface area (Å²) < 4.78 is 12.7. The Labute approximate surface area is 154 Å². The SMILES string of the molecule is CCCCCCC1([S+](C)[O-])CCC(C2CCC(CCC)CC2)CC1. The maximum absolute atomic E-state index is 12.5. The first-order chi connectivity index (χ1) is 11.6. The molecule has 2 rings (SSSR count). The summed E-state index contributed by atoms with van der Waals surface area (Å²) in [4.78, 5) is 0. The van der Waals surface area contributed by atoms with Gasteiger partial charge < -0.3 is 4.55 Å². The maximum Gasteiger partial charge on any atom is 0.125 e. The average molecular weight is 355 g/mol. The van der Waals surface area contributed by atoms with E-state index in [9.17, 15) is 4.55 Å². The minimum absolute atomic E-state index is 0.170. The van der Waals surface area contributed by atoms with Crippen molar-refractivity contribution in [2.75, 3.05) is 6.26 Å². The quantitative estimate of drug-likeness (QED) is 0.327. The average Bonchev–Trinajstić information content (AvgIpc) is 2.60. The van der Waals surface area contributed by atoms with Crippen LogP contribution in [0.2, 0.25) is 0 Å². The molecule has 1 nitrogen and oxygen atoms in total. The van der Waals surface area contributed by atoms with E-state index in [2.05, 4.69) is 13.8 Å². The molecule has 0 aliphatic heterocycles. The van der Waals surface area contributed by atoms with Crippen LogP contribution in [-0.2, 0) is 11.2 Å². The highest BCUT2D eigenvalue weighted by Gasteiger charge is 2.44. The predicted molar refractivity (Wildman–Crippen MR) is 108 cm³/mol. The molecule has 0 saturated heterocycles. The lowest BCUT2D eigenvalue weighted by Gasteiger charge is -2.43. The summed E-state index contributed by atoms with van der Waals surface area (Å²) in [5.41, 5.74) is 0. The Balaban J connectivity index is 1.78. The largest absolute Gasteiger partial charge is 0.616 e. The molecule has 0 spiro atoms. The summed E-state index contributed by atoms with van der Waals surface area (Å²) >= 11 is -0.644. The van der Waals surface area contributed by atoms with Crippen molar-refractivity contribution in [1.29, 1.82) is 0 Å². The molecule has 0 aromatic carbocycles. The Morgan fingerprint density at radius 2 is 1.46 bits per heavy atom. The maximum atomic E-state index is 12.5. The van der Waals surface area contributed by atoms with Gasteiger partial charge in [-0.05, 0) is 69.1 Å². The van der Waals surface area contributed by atoms with Crippen molar-refractivity contribution in [3.63, 3.8) is 0 Å². The highest BCUT2D eigenvalue weighted by Crippen LogP contribution is 2.47. The molecule has 0 aromatic rings. The normalized spacial score (nSPS) is 35.8. The van der Waals surface area contributed by atoms with Crippen molar-refractivity contribution in [2.45, 2.75) is 115 Å². The zero-order valence-electron chi connectivity index (χ0n) is 16.7. The van der Waals surface area contributed by atoms with Gasteiger partial charge in [0, 0.05) is 0 Å². The van der Waals surface area contributed by atoms with Crippen molar-refractivity contribution < 1.29 is 4.55 Å². The summed E-state index contributed by atoms with van der Waals surface area (Å²) in [6.07, 6.45) is 22.4. The van der Waals surface area contributed by atoms with Crippen LogP contribution in [0.15, 0.2) is 0 Å². The van der Waals surface area contributed by atoms with Gasteiger partial charge in [-0.1, -0.05) is 70.0 Å². The molecule has 2 fully saturated rings. The fourth-order valence-electron chi connectivity index (χ4n) is 5.55. The van der Waals surface area contributed by atoms with Crippen molar-refractivity contribution >= 4 is 11.2 Å². The van der Waals surface area contributed by atoms with Gasteiger partial charge in [0.1, 0.15) is 4.75 Å². The van der Waals surface area contributed by atoms with Gasteiger partial charge in [0.2, 0.25) is 0 Å². The monoisotopic (exact) mass is 354 g/mol. The zero-order chi connectivity index (χ0) is 17.4. The van der Waals surface area contributed by atoms with E-state index >= 15 is 0 Å². The molecule has 0 radical (unpaired) electrons. The predicted octanol–water partition coefficient (Wildman–Crippen LogP) is 6.87. The van der Waals surface area contributed by atoms with Crippen LogP contribution in [0.1, 0.15) is 110 Å². The van der Waals surface area contributed by atoms with Gasteiger partial charge in [0.25, 0.3) is 0 Å². The third-order valence-corrected chi connectivity index (χ3v) is 9.12. The molecule has 0 amide bonds. The van der Waals surface area contributed by atoms with Crippen LogP contribution in [0.25, 0.3) is 0 Å². The van der Waals surface area contributed by atoms with E-state index in [0.717, 1.165) is 17.8 Å². The van der Waals surface area contributed by atoms with Crippen LogP contribution in [0.4, 0.5) is 0 Å². The zero-order valence-corrected chi connectivity index (χ0v) is 17.5. The van der Waals surface area contributed by atoms with Crippen LogP contribution in [0.5, 0.6) is 0 Å². The van der Waals surface area contributed by atoms with Crippen LogP contribution < -0.4 is 0 Å². The Kier molecular flexibility index (Phi) is 8.98. The first-order valence-corrected chi connectivity index (χ1v) is 12.5. The van der Waals surface area contributed by atoms with E-state index in [1.54, 1.807) is 0 Å². The number of hydrogen-bond donors (Lipinski definition) is 0. The van der Waals surface area contributed by atoms with Gasteiger partial charge in [0.05, 0.1) is 6.26 Å². The minimum Gasteiger partial charge on any atom is -0.616 e. The Morgan fingerprint density at radius 1 is 0.833 bits per heavy atom. The Morgan fingerprint density at radius 3 is 2.00 bits per heavy atom. The van der Waals surface area contributed by atoms with Gasteiger partial charge in [0.15, 0.2) is 0 Å². The summed E-state index contributed by atoms with van der Waals surface area (Å²) in [5.74, 6) is 2.96. The second-order valence-electron chi connectivity index (χ2n) is 8.85. The van der Waals surface area contributed by atoms with E-state index in [-0.39, 0.29) is 4.75 Å². The van der Waals surface area contributed by atoms with Gasteiger partial charge >= 0.3 is 0 Å². The molecule has 0 heterocycles. The van der Waals surface area contributed by atoms with Crippen LogP contribution in [-0.4, -0.2) is 15.6 Å². The first kappa shape index (κ1) is 20.6. The third kappa shape index (κ3) is 5.66. The van der Waals surface area contributed by atoms with Crippen molar-refractivity contribution in [2.24, 2.45) is 17.8 Å². The Hall–Kier alpha value is 0.310.